The van der Waals surface area contributed by atoms with Gasteiger partial charge in [-0.25, -0.2) is 4.98 Å². The minimum absolute atomic E-state index is 0.251. The average Bonchev–Trinajstić information content (AvgIpc) is 3.67. The van der Waals surface area contributed by atoms with Gasteiger partial charge in [-0.15, -0.1) is 0 Å². The number of aliphatic imine (C=N–C) groups is 1. The summed E-state index contributed by atoms with van der Waals surface area (Å²) < 4.78 is 0. The predicted molar refractivity (Wildman–Crippen MR) is 138 cm³/mol. The highest BCUT2D eigenvalue weighted by atomic mass is 16.4. The number of amidine groups is 1. The Balaban J connectivity index is 1.56. The Bertz CT molecular complexity index is 1310. The SMILES string of the molecule is CN=C(Nc1cncc(C(C)C)n1)C(=CN)c1ccc(-c2ccc(C3(C(=O)O)CC3)cc2C)cn1. The number of carboxylic acids is 1. The average molecular weight is 471 g/mol. The number of hydrogen-bond acceptors (Lipinski definition) is 6. The Kier molecular flexibility index (Phi) is 6.64. The van der Waals surface area contributed by atoms with Crippen LogP contribution in [0.5, 0.6) is 0 Å². The van der Waals surface area contributed by atoms with Gasteiger partial charge in [-0.2, -0.15) is 0 Å². The minimum Gasteiger partial charge on any atom is -0.481 e. The third-order valence-electron chi connectivity index (χ3n) is 6.43. The van der Waals surface area contributed by atoms with Crippen molar-refractivity contribution in [3.63, 3.8) is 0 Å². The van der Waals surface area contributed by atoms with Crippen LogP contribution in [0.3, 0.4) is 0 Å². The number of aryl methyl sites for hydroxylation is 1. The van der Waals surface area contributed by atoms with Crippen LogP contribution in [0.4, 0.5) is 5.82 Å². The maximum Gasteiger partial charge on any atom is 0.314 e. The number of pyridine rings is 1. The maximum atomic E-state index is 11.7. The number of aromatic nitrogens is 3. The first kappa shape index (κ1) is 24.1. The van der Waals surface area contributed by atoms with Gasteiger partial charge in [0.2, 0.25) is 0 Å². The first-order valence-electron chi connectivity index (χ1n) is 11.6. The van der Waals surface area contributed by atoms with Gasteiger partial charge in [0.05, 0.1) is 28.6 Å². The van der Waals surface area contributed by atoms with Gasteiger partial charge >= 0.3 is 5.97 Å². The lowest BCUT2D eigenvalue weighted by molar-refractivity contribution is -0.140. The highest BCUT2D eigenvalue weighted by Gasteiger charge is 2.51. The molecule has 8 nitrogen and oxygen atoms in total. The van der Waals surface area contributed by atoms with Crippen LogP contribution >= 0.6 is 0 Å². The van der Waals surface area contributed by atoms with Crippen molar-refractivity contribution in [1.82, 2.24) is 15.0 Å². The molecule has 0 amide bonds. The van der Waals surface area contributed by atoms with E-state index in [9.17, 15) is 9.90 Å². The number of aliphatic carboxylic acids is 1. The van der Waals surface area contributed by atoms with Gasteiger partial charge < -0.3 is 16.2 Å². The summed E-state index contributed by atoms with van der Waals surface area (Å²) in [5.41, 5.74) is 11.3. The molecule has 0 atom stereocenters. The molecule has 8 heteroatoms. The van der Waals surface area contributed by atoms with Crippen LogP contribution in [0.2, 0.25) is 0 Å². The van der Waals surface area contributed by atoms with Crippen molar-refractivity contribution in [2.45, 2.75) is 44.9 Å². The van der Waals surface area contributed by atoms with E-state index in [-0.39, 0.29) is 5.92 Å². The monoisotopic (exact) mass is 470 g/mol. The maximum absolute atomic E-state index is 11.7. The summed E-state index contributed by atoms with van der Waals surface area (Å²) >= 11 is 0. The normalized spacial score (nSPS) is 15.2. The molecular formula is C27H30N6O2. The molecule has 1 fully saturated rings. The number of nitrogens with one attached hydrogen (secondary N) is 1. The van der Waals surface area contributed by atoms with E-state index in [0.717, 1.165) is 27.9 Å². The molecule has 1 aliphatic carbocycles. The van der Waals surface area contributed by atoms with E-state index in [0.29, 0.717) is 35.8 Å². The lowest BCUT2D eigenvalue weighted by Gasteiger charge is -2.15. The molecule has 180 valence electrons. The third-order valence-corrected chi connectivity index (χ3v) is 6.43. The van der Waals surface area contributed by atoms with Crippen LogP contribution in [-0.4, -0.2) is 38.9 Å². The molecule has 0 bridgehead atoms. The van der Waals surface area contributed by atoms with Gasteiger partial charge in [0.15, 0.2) is 0 Å². The van der Waals surface area contributed by atoms with E-state index in [1.54, 1.807) is 25.6 Å². The van der Waals surface area contributed by atoms with Crippen LogP contribution in [0.15, 0.2) is 60.1 Å². The quantitative estimate of drug-likeness (QED) is 0.342. The molecule has 0 aliphatic heterocycles. The molecule has 4 rings (SSSR count). The van der Waals surface area contributed by atoms with E-state index in [2.05, 4.69) is 39.1 Å². The molecular weight excluding hydrogens is 440 g/mol. The summed E-state index contributed by atoms with van der Waals surface area (Å²) in [6, 6.07) is 9.74. The van der Waals surface area contributed by atoms with Gasteiger partial charge in [-0.1, -0.05) is 38.1 Å². The Morgan fingerprint density at radius 1 is 1.20 bits per heavy atom. The molecule has 0 radical (unpaired) electrons. The number of nitrogens with two attached hydrogens (primary N) is 1. The van der Waals surface area contributed by atoms with Crippen molar-refractivity contribution in [2.24, 2.45) is 10.7 Å². The van der Waals surface area contributed by atoms with Gasteiger partial charge in [-0.05, 0) is 48.4 Å². The van der Waals surface area contributed by atoms with Gasteiger partial charge in [0, 0.05) is 31.2 Å². The van der Waals surface area contributed by atoms with Crippen LogP contribution < -0.4 is 11.1 Å². The van der Waals surface area contributed by atoms with Crippen molar-refractivity contribution >= 4 is 23.2 Å². The number of carbonyl (C=O) groups is 1. The smallest absolute Gasteiger partial charge is 0.314 e. The minimum atomic E-state index is -0.749. The van der Waals surface area contributed by atoms with Crippen LogP contribution in [0.25, 0.3) is 16.7 Å². The summed E-state index contributed by atoms with van der Waals surface area (Å²) in [5, 5.41) is 12.8. The standard InChI is InChI=1S/C27H30N6O2/c1-16(2)23-14-30-15-24(32-23)33-25(29-4)21(12-28)22-8-5-18(13-31-22)20-7-6-19(11-17(20)3)27(9-10-27)26(34)35/h5-8,11-16H,9-10,28H2,1-4H3,(H,34,35)(H,29,32,33). The van der Waals surface area contributed by atoms with Crippen molar-refractivity contribution in [2.75, 3.05) is 12.4 Å². The number of benzene rings is 1. The van der Waals surface area contributed by atoms with Gasteiger partial charge in [0.1, 0.15) is 11.7 Å². The summed E-state index contributed by atoms with van der Waals surface area (Å²) in [7, 11) is 1.68. The fourth-order valence-corrected chi connectivity index (χ4v) is 4.12. The van der Waals surface area contributed by atoms with Crippen molar-refractivity contribution in [3.8, 4) is 11.1 Å². The predicted octanol–water partition coefficient (Wildman–Crippen LogP) is 4.53. The van der Waals surface area contributed by atoms with E-state index >= 15 is 0 Å². The Morgan fingerprint density at radius 3 is 2.51 bits per heavy atom. The largest absolute Gasteiger partial charge is 0.481 e. The number of carboxylic acid groups (broad SMARTS) is 1. The summed E-state index contributed by atoms with van der Waals surface area (Å²) in [4.78, 5) is 29.5. The highest BCUT2D eigenvalue weighted by molar-refractivity contribution is 6.27. The van der Waals surface area contributed by atoms with E-state index in [1.165, 1.54) is 6.20 Å². The lowest BCUT2D eigenvalue weighted by Crippen LogP contribution is -2.19. The molecule has 4 N–H and O–H groups in total. The molecule has 2 heterocycles. The summed E-state index contributed by atoms with van der Waals surface area (Å²) in [6.07, 6.45) is 8.03. The zero-order chi connectivity index (χ0) is 25.2. The molecule has 1 saturated carbocycles. The fourth-order valence-electron chi connectivity index (χ4n) is 4.12. The van der Waals surface area contributed by atoms with Gasteiger partial charge in [0.25, 0.3) is 0 Å². The zero-order valence-corrected chi connectivity index (χ0v) is 20.4. The fraction of sp³-hybridized carbons (Fsp3) is 0.296. The second-order valence-corrected chi connectivity index (χ2v) is 9.11. The Morgan fingerprint density at radius 2 is 1.97 bits per heavy atom. The number of hydrogen-bond donors (Lipinski definition) is 3. The Hall–Kier alpha value is -4.07. The first-order valence-corrected chi connectivity index (χ1v) is 11.6. The topological polar surface area (TPSA) is 126 Å². The number of anilines is 1. The molecule has 0 spiro atoms. The second kappa shape index (κ2) is 9.66. The van der Waals surface area contributed by atoms with Gasteiger partial charge in [-0.3, -0.25) is 19.8 Å². The van der Waals surface area contributed by atoms with Crippen LogP contribution in [0, 0.1) is 6.92 Å². The highest BCUT2D eigenvalue weighted by Crippen LogP contribution is 2.49. The molecule has 1 aromatic carbocycles. The number of nitrogens with zero attached hydrogens (tertiary/aromatic N) is 4. The van der Waals surface area contributed by atoms with Crippen molar-refractivity contribution < 1.29 is 9.90 Å². The first-order chi connectivity index (χ1) is 16.8. The second-order valence-electron chi connectivity index (χ2n) is 9.11. The zero-order valence-electron chi connectivity index (χ0n) is 20.4. The van der Waals surface area contributed by atoms with E-state index in [4.69, 9.17) is 5.73 Å². The molecule has 3 aromatic rings. The van der Waals surface area contributed by atoms with E-state index < -0.39 is 11.4 Å². The third kappa shape index (κ3) is 4.77. The van der Waals surface area contributed by atoms with Crippen LogP contribution in [0.1, 0.15) is 55.1 Å². The summed E-state index contributed by atoms with van der Waals surface area (Å²) in [6.45, 7) is 6.11. The molecule has 0 unspecified atom stereocenters. The number of rotatable bonds is 7. The van der Waals surface area contributed by atoms with E-state index in [1.807, 2.05) is 37.3 Å². The summed E-state index contributed by atoms with van der Waals surface area (Å²) in [5.74, 6) is 0.618. The lowest BCUT2D eigenvalue weighted by atomic mass is 9.91. The molecule has 1 aliphatic rings. The molecule has 0 saturated heterocycles. The van der Waals surface area contributed by atoms with Crippen LogP contribution in [-0.2, 0) is 10.2 Å². The molecule has 2 aromatic heterocycles. The molecule has 35 heavy (non-hydrogen) atoms. The Labute approximate surface area is 205 Å². The van der Waals surface area contributed by atoms with Crippen molar-refractivity contribution in [3.05, 3.63) is 77.6 Å². The van der Waals surface area contributed by atoms with Crippen molar-refractivity contribution in [1.29, 1.82) is 0 Å².